The summed E-state index contributed by atoms with van der Waals surface area (Å²) in [6.07, 6.45) is 0. The number of nitrogens with two attached hydrogens (primary N) is 1. The van der Waals surface area contributed by atoms with Gasteiger partial charge in [0.2, 0.25) is 11.8 Å². The third kappa shape index (κ3) is 2.95. The molecule has 2 rings (SSSR count). The van der Waals surface area contributed by atoms with Crippen molar-refractivity contribution in [2.75, 3.05) is 19.0 Å². The van der Waals surface area contributed by atoms with Gasteiger partial charge in [0.1, 0.15) is 5.75 Å². The van der Waals surface area contributed by atoms with E-state index in [1.54, 1.807) is 6.07 Å². The second-order valence-electron chi connectivity index (χ2n) is 4.01. The van der Waals surface area contributed by atoms with Crippen LogP contribution in [0.15, 0.2) is 36.4 Å². The maximum atomic E-state index is 5.68. The predicted molar refractivity (Wildman–Crippen MR) is 70.8 cm³/mol. The second kappa shape index (κ2) is 5.46. The van der Waals surface area contributed by atoms with Crippen LogP contribution in [0.4, 0.5) is 5.95 Å². The normalized spacial score (nSPS) is 10.2. The molecule has 0 bridgehead atoms. The molecule has 0 saturated heterocycles. The molecule has 0 aliphatic heterocycles. The Morgan fingerprint density at radius 1 is 1.17 bits per heavy atom. The molecule has 1 aromatic carbocycles. The lowest BCUT2D eigenvalue weighted by atomic mass is 10.3. The van der Waals surface area contributed by atoms with Crippen molar-refractivity contribution in [3.8, 4) is 11.6 Å². The first-order valence-electron chi connectivity index (χ1n) is 5.67. The summed E-state index contributed by atoms with van der Waals surface area (Å²) in [4.78, 5) is 10.4. The Hall–Kier alpha value is -2.14. The van der Waals surface area contributed by atoms with E-state index < -0.39 is 0 Å². The fourth-order valence-corrected chi connectivity index (χ4v) is 1.43. The first-order chi connectivity index (χ1) is 8.69. The lowest BCUT2D eigenvalue weighted by Gasteiger charge is -2.13. The molecule has 0 atom stereocenters. The minimum atomic E-state index is 0.356. The summed E-state index contributed by atoms with van der Waals surface area (Å²) in [5.41, 5.74) is 6.37. The fraction of sp³-hybridized carbons (Fsp3) is 0.231. The molecule has 2 aromatic rings. The highest BCUT2D eigenvalue weighted by Gasteiger charge is 2.07. The van der Waals surface area contributed by atoms with Gasteiger partial charge in [-0.25, -0.2) is 4.98 Å². The smallest absolute Gasteiger partial charge is 0.228 e. The summed E-state index contributed by atoms with van der Waals surface area (Å²) in [5, 5.41) is 0. The zero-order valence-electron chi connectivity index (χ0n) is 10.5. The van der Waals surface area contributed by atoms with E-state index in [0.717, 1.165) is 11.4 Å². The van der Waals surface area contributed by atoms with Crippen molar-refractivity contribution in [1.29, 1.82) is 0 Å². The Kier molecular flexibility index (Phi) is 3.74. The van der Waals surface area contributed by atoms with Crippen LogP contribution in [0.3, 0.4) is 0 Å². The molecule has 0 spiro atoms. The largest absolute Gasteiger partial charge is 0.439 e. The Balaban J connectivity index is 2.30. The van der Waals surface area contributed by atoms with Crippen LogP contribution in [0.2, 0.25) is 0 Å². The van der Waals surface area contributed by atoms with Crippen molar-refractivity contribution in [2.45, 2.75) is 6.54 Å². The Morgan fingerprint density at radius 3 is 2.50 bits per heavy atom. The van der Waals surface area contributed by atoms with Crippen LogP contribution in [0.25, 0.3) is 0 Å². The molecule has 0 aliphatic rings. The van der Waals surface area contributed by atoms with Gasteiger partial charge in [-0.15, -0.1) is 0 Å². The minimum absolute atomic E-state index is 0.356. The van der Waals surface area contributed by atoms with Gasteiger partial charge in [-0.2, -0.15) is 4.98 Å². The zero-order chi connectivity index (χ0) is 13.0. The summed E-state index contributed by atoms with van der Waals surface area (Å²) in [6.45, 7) is 0.356. The van der Waals surface area contributed by atoms with E-state index in [1.165, 1.54) is 0 Å². The Bertz CT molecular complexity index is 514. The monoisotopic (exact) mass is 244 g/mol. The van der Waals surface area contributed by atoms with Crippen molar-refractivity contribution in [1.82, 2.24) is 9.97 Å². The maximum absolute atomic E-state index is 5.68. The van der Waals surface area contributed by atoms with E-state index in [0.29, 0.717) is 18.4 Å². The van der Waals surface area contributed by atoms with Gasteiger partial charge in [-0.05, 0) is 12.1 Å². The first kappa shape index (κ1) is 12.3. The molecule has 18 heavy (non-hydrogen) atoms. The number of aromatic nitrogens is 2. The van der Waals surface area contributed by atoms with Crippen molar-refractivity contribution in [3.05, 3.63) is 42.1 Å². The average molecular weight is 244 g/mol. The highest BCUT2D eigenvalue weighted by Crippen LogP contribution is 2.21. The Labute approximate surface area is 106 Å². The third-order valence-electron chi connectivity index (χ3n) is 2.32. The fourth-order valence-electron chi connectivity index (χ4n) is 1.43. The van der Waals surface area contributed by atoms with Crippen LogP contribution in [0.5, 0.6) is 11.6 Å². The molecule has 0 fully saturated rings. The van der Waals surface area contributed by atoms with Crippen LogP contribution < -0.4 is 15.4 Å². The number of hydrogen-bond donors (Lipinski definition) is 1. The van der Waals surface area contributed by atoms with E-state index in [4.69, 9.17) is 10.5 Å². The van der Waals surface area contributed by atoms with Gasteiger partial charge in [-0.1, -0.05) is 18.2 Å². The summed E-state index contributed by atoms with van der Waals surface area (Å²) in [5.74, 6) is 1.83. The first-order valence-corrected chi connectivity index (χ1v) is 5.67. The van der Waals surface area contributed by atoms with E-state index in [9.17, 15) is 0 Å². The van der Waals surface area contributed by atoms with E-state index >= 15 is 0 Å². The third-order valence-corrected chi connectivity index (χ3v) is 2.32. The lowest BCUT2D eigenvalue weighted by Crippen LogP contribution is -2.15. The van der Waals surface area contributed by atoms with E-state index in [-0.39, 0.29) is 0 Å². The molecule has 0 amide bonds. The number of hydrogen-bond acceptors (Lipinski definition) is 5. The van der Waals surface area contributed by atoms with Crippen LogP contribution in [-0.4, -0.2) is 24.1 Å². The highest BCUT2D eigenvalue weighted by atomic mass is 16.5. The number of ether oxygens (including phenoxy) is 1. The van der Waals surface area contributed by atoms with E-state index in [1.807, 2.05) is 49.3 Å². The van der Waals surface area contributed by atoms with Gasteiger partial charge in [0.15, 0.2) is 0 Å². The number of rotatable bonds is 4. The molecular formula is C13H16N4O. The molecular weight excluding hydrogens is 228 g/mol. The number of benzene rings is 1. The summed E-state index contributed by atoms with van der Waals surface area (Å²) >= 11 is 0. The van der Waals surface area contributed by atoms with E-state index in [2.05, 4.69) is 9.97 Å². The second-order valence-corrected chi connectivity index (χ2v) is 4.01. The molecule has 0 saturated carbocycles. The zero-order valence-corrected chi connectivity index (χ0v) is 10.5. The van der Waals surface area contributed by atoms with Crippen LogP contribution >= 0.6 is 0 Å². The van der Waals surface area contributed by atoms with Gasteiger partial charge in [0.05, 0.1) is 5.69 Å². The maximum Gasteiger partial charge on any atom is 0.228 e. The van der Waals surface area contributed by atoms with Gasteiger partial charge in [0.25, 0.3) is 0 Å². The molecule has 1 heterocycles. The molecule has 5 heteroatoms. The molecule has 0 unspecified atom stereocenters. The van der Waals surface area contributed by atoms with Crippen LogP contribution in [0.1, 0.15) is 5.69 Å². The number of nitrogens with zero attached hydrogens (tertiary/aromatic N) is 3. The van der Waals surface area contributed by atoms with Gasteiger partial charge in [-0.3, -0.25) is 0 Å². The highest BCUT2D eigenvalue weighted by molar-refractivity contribution is 5.35. The topological polar surface area (TPSA) is 64.3 Å². The molecule has 0 radical (unpaired) electrons. The van der Waals surface area contributed by atoms with Crippen LogP contribution in [-0.2, 0) is 6.54 Å². The summed E-state index contributed by atoms with van der Waals surface area (Å²) in [6, 6.07) is 11.3. The molecule has 0 aliphatic carbocycles. The molecule has 2 N–H and O–H groups in total. The average Bonchev–Trinajstić information content (AvgIpc) is 2.39. The van der Waals surface area contributed by atoms with Gasteiger partial charge in [0, 0.05) is 26.7 Å². The minimum Gasteiger partial charge on any atom is -0.439 e. The summed E-state index contributed by atoms with van der Waals surface area (Å²) in [7, 11) is 3.75. The summed E-state index contributed by atoms with van der Waals surface area (Å²) < 4.78 is 5.68. The van der Waals surface area contributed by atoms with Gasteiger partial charge < -0.3 is 15.4 Å². The predicted octanol–water partition coefficient (Wildman–Crippen LogP) is 1.79. The van der Waals surface area contributed by atoms with Crippen molar-refractivity contribution in [2.24, 2.45) is 5.73 Å². The number of anilines is 1. The van der Waals surface area contributed by atoms with Crippen molar-refractivity contribution >= 4 is 5.95 Å². The van der Waals surface area contributed by atoms with Crippen molar-refractivity contribution in [3.63, 3.8) is 0 Å². The quantitative estimate of drug-likeness (QED) is 0.888. The van der Waals surface area contributed by atoms with Crippen molar-refractivity contribution < 1.29 is 4.74 Å². The lowest BCUT2D eigenvalue weighted by molar-refractivity contribution is 0.460. The standard InChI is InChI=1S/C13H16N4O/c1-17(2)13-15-10(9-14)8-12(16-13)18-11-6-4-3-5-7-11/h3-8H,9,14H2,1-2H3. The SMILES string of the molecule is CN(C)c1nc(CN)cc(Oc2ccccc2)n1. The molecule has 94 valence electrons. The Morgan fingerprint density at radius 2 is 1.89 bits per heavy atom. The molecule has 1 aromatic heterocycles. The van der Waals surface area contributed by atoms with Gasteiger partial charge >= 0.3 is 0 Å². The number of para-hydroxylation sites is 1. The molecule has 5 nitrogen and oxygen atoms in total. The van der Waals surface area contributed by atoms with Crippen LogP contribution in [0, 0.1) is 0 Å².